The largest absolute Gasteiger partial charge is 0.460 e. The number of benzene rings is 1. The Morgan fingerprint density at radius 2 is 1.95 bits per heavy atom. The zero-order valence-corrected chi connectivity index (χ0v) is 14.9. The summed E-state index contributed by atoms with van der Waals surface area (Å²) in [5.41, 5.74) is 2.10. The third-order valence-electron chi connectivity index (χ3n) is 2.30. The maximum atomic E-state index is 11.3. The Labute approximate surface area is 146 Å². The Morgan fingerprint density at radius 1 is 1.25 bits per heavy atom. The van der Waals surface area contributed by atoms with E-state index in [1.54, 1.807) is 6.08 Å². The summed E-state index contributed by atoms with van der Waals surface area (Å²) in [6, 6.07) is 7.78. The molecular weight excluding hydrogens is 333 g/mol. The first-order valence-electron chi connectivity index (χ1n) is 5.83. The maximum Gasteiger partial charge on any atom is 0.330 e. The summed E-state index contributed by atoms with van der Waals surface area (Å²) in [5.74, 6) is -0.397. The van der Waals surface area contributed by atoms with E-state index < -0.39 is 5.97 Å². The molecule has 0 aliphatic rings. The molecule has 0 spiro atoms. The van der Waals surface area contributed by atoms with E-state index in [4.69, 9.17) is 14.6 Å². The molecule has 0 aliphatic carbocycles. The van der Waals surface area contributed by atoms with Crippen LogP contribution in [0.2, 0.25) is 0 Å². The molecule has 0 bridgehead atoms. The number of hydrogen-bond donors (Lipinski definition) is 1. The van der Waals surface area contributed by atoms with Gasteiger partial charge in [0.1, 0.15) is 6.61 Å². The van der Waals surface area contributed by atoms with Crippen molar-refractivity contribution in [1.82, 2.24) is 0 Å². The average molecular weight is 354 g/mol. The molecule has 5 heteroatoms. The van der Waals surface area contributed by atoms with E-state index in [9.17, 15) is 4.79 Å². The van der Waals surface area contributed by atoms with Crippen molar-refractivity contribution in [3.05, 3.63) is 48.9 Å². The summed E-state index contributed by atoms with van der Waals surface area (Å²) in [7, 11) is 0. The van der Waals surface area contributed by atoms with Gasteiger partial charge in [-0.25, -0.2) is 4.79 Å². The summed E-state index contributed by atoms with van der Waals surface area (Å²) in [6.07, 6.45) is 3.13. The second-order valence-electron chi connectivity index (χ2n) is 3.69. The first-order valence-corrected chi connectivity index (χ1v) is 5.83. The van der Waals surface area contributed by atoms with Crippen molar-refractivity contribution in [2.24, 2.45) is 0 Å². The number of carbonyl (C=O) groups is 1. The molecular formula is C15H21O4Y-. The van der Waals surface area contributed by atoms with Crippen LogP contribution in [-0.2, 0) is 47.0 Å². The zero-order valence-electron chi connectivity index (χ0n) is 12.0. The van der Waals surface area contributed by atoms with Crippen molar-refractivity contribution >= 4 is 12.0 Å². The number of aliphatic hydroxyl groups is 1. The van der Waals surface area contributed by atoms with Crippen LogP contribution in [0.25, 0.3) is 6.08 Å². The Hall–Kier alpha value is -0.546. The fourth-order valence-electron chi connectivity index (χ4n) is 1.35. The van der Waals surface area contributed by atoms with Crippen LogP contribution in [0.3, 0.4) is 0 Å². The Morgan fingerprint density at radius 3 is 2.60 bits per heavy atom. The van der Waals surface area contributed by atoms with E-state index in [1.807, 2.05) is 31.2 Å². The molecule has 1 N–H and O–H groups in total. The van der Waals surface area contributed by atoms with Crippen LogP contribution in [-0.4, -0.2) is 37.5 Å². The first kappa shape index (κ1) is 21.7. The number of ether oxygens (including phenoxy) is 2. The maximum absolute atomic E-state index is 11.3. The second kappa shape index (κ2) is 13.4. The van der Waals surface area contributed by atoms with Crippen molar-refractivity contribution < 1.29 is 52.1 Å². The summed E-state index contributed by atoms with van der Waals surface area (Å²) >= 11 is 0. The van der Waals surface area contributed by atoms with E-state index >= 15 is 0 Å². The number of carbonyl (C=O) groups excluding carboxylic acids is 1. The third-order valence-corrected chi connectivity index (χ3v) is 2.30. The van der Waals surface area contributed by atoms with Crippen LogP contribution in [0.5, 0.6) is 0 Å². The monoisotopic (exact) mass is 354 g/mol. The average Bonchev–Trinajstić information content (AvgIpc) is 2.37. The standard InChI is InChI=1S/C14H18O4.CH3.Y/c1-12-4-2-3-5-13(12)6-7-14(16)18-11-10-17-9-8-15;;/h2-7,15H,8-11H2,1H3;1H3;/q;-1;/b7-6+;;. The fourth-order valence-corrected chi connectivity index (χ4v) is 1.35. The topological polar surface area (TPSA) is 55.8 Å². The molecule has 0 atom stereocenters. The summed E-state index contributed by atoms with van der Waals surface area (Å²) < 4.78 is 9.88. The smallest absolute Gasteiger partial charge is 0.330 e. The molecule has 1 aromatic carbocycles. The van der Waals surface area contributed by atoms with Crippen LogP contribution in [0.1, 0.15) is 11.1 Å². The third kappa shape index (κ3) is 9.37. The molecule has 4 nitrogen and oxygen atoms in total. The van der Waals surface area contributed by atoms with E-state index in [1.165, 1.54) is 6.08 Å². The molecule has 109 valence electrons. The molecule has 0 saturated heterocycles. The molecule has 0 fully saturated rings. The van der Waals surface area contributed by atoms with Gasteiger partial charge >= 0.3 is 5.97 Å². The summed E-state index contributed by atoms with van der Waals surface area (Å²) in [4.78, 5) is 11.3. The van der Waals surface area contributed by atoms with E-state index in [0.717, 1.165) is 11.1 Å². The quantitative estimate of drug-likeness (QED) is 0.352. The normalized spacial score (nSPS) is 9.70. The molecule has 0 aliphatic heterocycles. The number of hydrogen-bond acceptors (Lipinski definition) is 4. The minimum Gasteiger partial charge on any atom is -0.460 e. The Kier molecular flexibility index (Phi) is 14.6. The van der Waals surface area contributed by atoms with Crippen molar-refractivity contribution in [2.45, 2.75) is 6.92 Å². The van der Waals surface area contributed by atoms with E-state index in [2.05, 4.69) is 0 Å². The SMILES string of the molecule is Cc1ccccc1/C=C/C(=O)OCCOCCO.[CH3-].[Y]. The van der Waals surface area contributed by atoms with Gasteiger partial charge in [0, 0.05) is 38.8 Å². The van der Waals surface area contributed by atoms with Crippen LogP contribution in [0, 0.1) is 14.4 Å². The summed E-state index contributed by atoms with van der Waals surface area (Å²) in [5, 5.41) is 8.47. The molecule has 0 aromatic heterocycles. The molecule has 1 rings (SSSR count). The summed E-state index contributed by atoms with van der Waals surface area (Å²) in [6.45, 7) is 2.70. The Balaban J connectivity index is 0. The minimum absolute atomic E-state index is 0. The fraction of sp³-hybridized carbons (Fsp3) is 0.333. The minimum atomic E-state index is -0.397. The second-order valence-corrected chi connectivity index (χ2v) is 3.69. The number of aryl methyl sites for hydroxylation is 1. The molecule has 20 heavy (non-hydrogen) atoms. The van der Waals surface area contributed by atoms with Crippen molar-refractivity contribution in [3.8, 4) is 0 Å². The van der Waals surface area contributed by atoms with Crippen molar-refractivity contribution in [2.75, 3.05) is 26.4 Å². The molecule has 0 saturated carbocycles. The van der Waals surface area contributed by atoms with Crippen molar-refractivity contribution in [1.29, 1.82) is 0 Å². The van der Waals surface area contributed by atoms with Gasteiger partial charge in [-0.15, -0.1) is 0 Å². The van der Waals surface area contributed by atoms with Crippen LogP contribution >= 0.6 is 0 Å². The number of esters is 1. The van der Waals surface area contributed by atoms with E-state index in [0.29, 0.717) is 6.61 Å². The van der Waals surface area contributed by atoms with Crippen LogP contribution in [0.15, 0.2) is 30.3 Å². The number of rotatable bonds is 7. The van der Waals surface area contributed by atoms with Gasteiger partial charge in [-0.05, 0) is 24.1 Å². The molecule has 0 amide bonds. The van der Waals surface area contributed by atoms with Gasteiger partial charge in [0.25, 0.3) is 0 Å². The van der Waals surface area contributed by atoms with Gasteiger partial charge in [0.05, 0.1) is 19.8 Å². The molecule has 0 unspecified atom stereocenters. The first-order chi connectivity index (χ1) is 8.74. The van der Waals surface area contributed by atoms with Gasteiger partial charge in [-0.3, -0.25) is 0 Å². The van der Waals surface area contributed by atoms with E-state index in [-0.39, 0.29) is 60.0 Å². The van der Waals surface area contributed by atoms with Gasteiger partial charge in [0.2, 0.25) is 0 Å². The van der Waals surface area contributed by atoms with Crippen LogP contribution < -0.4 is 0 Å². The molecule has 0 heterocycles. The predicted octanol–water partition coefficient (Wildman–Crippen LogP) is 2.01. The van der Waals surface area contributed by atoms with Gasteiger partial charge < -0.3 is 22.0 Å². The van der Waals surface area contributed by atoms with Gasteiger partial charge in [-0.1, -0.05) is 24.3 Å². The number of aliphatic hydroxyl groups excluding tert-OH is 1. The Bertz CT molecular complexity index is 405. The van der Waals surface area contributed by atoms with Crippen molar-refractivity contribution in [3.63, 3.8) is 0 Å². The predicted molar refractivity (Wildman–Crippen MR) is 75.5 cm³/mol. The molecule has 1 aromatic rings. The zero-order chi connectivity index (χ0) is 13.2. The van der Waals surface area contributed by atoms with Gasteiger partial charge in [-0.2, -0.15) is 0 Å². The van der Waals surface area contributed by atoms with Gasteiger partial charge in [0.15, 0.2) is 0 Å². The van der Waals surface area contributed by atoms with Crippen LogP contribution in [0.4, 0.5) is 0 Å². The molecule has 1 radical (unpaired) electrons.